The van der Waals surface area contributed by atoms with Crippen LogP contribution >= 0.6 is 0 Å². The van der Waals surface area contributed by atoms with Crippen molar-refractivity contribution in [1.82, 2.24) is 15.1 Å². The molecular weight excluding hydrogens is 258 g/mol. The smallest absolute Gasteiger partial charge is 0.0793 e. The van der Waals surface area contributed by atoms with Crippen LogP contribution in [0.2, 0.25) is 0 Å². The molecule has 0 bridgehead atoms. The minimum Gasteiger partial charge on any atom is -0.309 e. The zero-order valence-corrected chi connectivity index (χ0v) is 14.4. The summed E-state index contributed by atoms with van der Waals surface area (Å²) in [4.78, 5) is 0. The summed E-state index contributed by atoms with van der Waals surface area (Å²) < 4.78 is 1.91. The molecule has 0 aliphatic rings. The van der Waals surface area contributed by atoms with Crippen molar-refractivity contribution in [3.8, 4) is 0 Å². The maximum Gasteiger partial charge on any atom is 0.0793 e. The summed E-state index contributed by atoms with van der Waals surface area (Å²) in [6, 6.07) is 2.59. The molecule has 1 heterocycles. The van der Waals surface area contributed by atoms with Crippen LogP contribution in [0.3, 0.4) is 0 Å². The third-order valence-electron chi connectivity index (χ3n) is 4.08. The lowest BCUT2D eigenvalue weighted by Gasteiger charge is -2.16. The normalized spacial score (nSPS) is 12.7. The van der Waals surface area contributed by atoms with Crippen LogP contribution < -0.4 is 5.32 Å². The van der Waals surface area contributed by atoms with Gasteiger partial charge in [0.25, 0.3) is 0 Å². The molecule has 0 amide bonds. The van der Waals surface area contributed by atoms with Crippen molar-refractivity contribution in [2.45, 2.75) is 84.1 Å². The third-order valence-corrected chi connectivity index (χ3v) is 4.08. The van der Waals surface area contributed by atoms with E-state index in [0.29, 0.717) is 6.04 Å². The lowest BCUT2D eigenvalue weighted by molar-refractivity contribution is 0.453. The average Bonchev–Trinajstić information content (AvgIpc) is 2.91. The molecule has 1 aromatic heterocycles. The number of aryl methyl sites for hydroxylation is 1. The van der Waals surface area contributed by atoms with Gasteiger partial charge in [0, 0.05) is 13.2 Å². The van der Waals surface area contributed by atoms with Crippen molar-refractivity contribution in [2.75, 3.05) is 6.54 Å². The second-order valence-electron chi connectivity index (χ2n) is 6.18. The van der Waals surface area contributed by atoms with Crippen LogP contribution in [0.4, 0.5) is 0 Å². The molecule has 0 saturated carbocycles. The summed E-state index contributed by atoms with van der Waals surface area (Å²) in [5.74, 6) is 0. The molecule has 122 valence electrons. The maximum absolute atomic E-state index is 4.57. The van der Waals surface area contributed by atoms with Crippen molar-refractivity contribution in [3.63, 3.8) is 0 Å². The molecule has 1 N–H and O–H groups in total. The standard InChI is InChI=1S/C18H35N3/c1-4-6-7-8-9-10-11-12-13-17(19-15-5-2)18-14-16-21(3)20-18/h14,16-17,19H,4-13,15H2,1-3H3. The summed E-state index contributed by atoms with van der Waals surface area (Å²) in [6.07, 6.45) is 15.5. The van der Waals surface area contributed by atoms with E-state index in [1.165, 1.54) is 69.9 Å². The molecule has 0 saturated heterocycles. The molecule has 0 radical (unpaired) electrons. The molecule has 21 heavy (non-hydrogen) atoms. The molecule has 0 aliphatic carbocycles. The van der Waals surface area contributed by atoms with Gasteiger partial charge >= 0.3 is 0 Å². The van der Waals surface area contributed by atoms with Crippen molar-refractivity contribution in [2.24, 2.45) is 7.05 Å². The number of nitrogens with one attached hydrogen (secondary N) is 1. The van der Waals surface area contributed by atoms with Crippen LogP contribution in [-0.4, -0.2) is 16.3 Å². The largest absolute Gasteiger partial charge is 0.309 e. The first-order chi connectivity index (χ1) is 10.3. The molecule has 0 aromatic carbocycles. The van der Waals surface area contributed by atoms with Gasteiger partial charge in [-0.25, -0.2) is 0 Å². The van der Waals surface area contributed by atoms with Crippen LogP contribution in [0.15, 0.2) is 12.3 Å². The number of hydrogen-bond donors (Lipinski definition) is 1. The summed E-state index contributed by atoms with van der Waals surface area (Å²) in [5.41, 5.74) is 1.20. The fourth-order valence-corrected chi connectivity index (χ4v) is 2.77. The van der Waals surface area contributed by atoms with Gasteiger partial charge in [0.1, 0.15) is 0 Å². The molecule has 1 aromatic rings. The molecule has 0 spiro atoms. The number of rotatable bonds is 13. The maximum atomic E-state index is 4.57. The van der Waals surface area contributed by atoms with Crippen LogP contribution in [0.1, 0.15) is 89.8 Å². The molecule has 1 atom stereocenters. The quantitative estimate of drug-likeness (QED) is 0.519. The van der Waals surface area contributed by atoms with Crippen LogP contribution in [0.25, 0.3) is 0 Å². The van der Waals surface area contributed by atoms with E-state index < -0.39 is 0 Å². The first-order valence-corrected chi connectivity index (χ1v) is 9.00. The van der Waals surface area contributed by atoms with Gasteiger partial charge in [-0.3, -0.25) is 4.68 Å². The highest BCUT2D eigenvalue weighted by molar-refractivity contribution is 5.05. The molecule has 1 unspecified atom stereocenters. The Hall–Kier alpha value is -0.830. The molecule has 3 heteroatoms. The fourth-order valence-electron chi connectivity index (χ4n) is 2.77. The topological polar surface area (TPSA) is 29.9 Å². The predicted octanol–water partition coefficient (Wildman–Crippen LogP) is 4.99. The van der Waals surface area contributed by atoms with E-state index in [1.807, 2.05) is 17.9 Å². The second kappa shape index (κ2) is 11.8. The Bertz CT molecular complexity index is 346. The van der Waals surface area contributed by atoms with Crippen molar-refractivity contribution in [3.05, 3.63) is 18.0 Å². The van der Waals surface area contributed by atoms with Gasteiger partial charge in [-0.05, 0) is 25.5 Å². The fraction of sp³-hybridized carbons (Fsp3) is 0.833. The lowest BCUT2D eigenvalue weighted by atomic mass is 10.0. The zero-order chi connectivity index (χ0) is 15.3. The van der Waals surface area contributed by atoms with Crippen molar-refractivity contribution < 1.29 is 0 Å². The molecule has 0 fully saturated rings. The van der Waals surface area contributed by atoms with Gasteiger partial charge in [0.05, 0.1) is 11.7 Å². The van der Waals surface area contributed by atoms with Gasteiger partial charge < -0.3 is 5.32 Å². The summed E-state index contributed by atoms with van der Waals surface area (Å²) in [5, 5.41) is 8.21. The SMILES string of the molecule is CCCCCCCCCCC(NCCC)c1ccn(C)n1. The Balaban J connectivity index is 2.18. The van der Waals surface area contributed by atoms with Gasteiger partial charge in [-0.1, -0.05) is 65.2 Å². The Morgan fingerprint density at radius 1 is 1.00 bits per heavy atom. The molecule has 3 nitrogen and oxygen atoms in total. The minimum atomic E-state index is 0.436. The van der Waals surface area contributed by atoms with Gasteiger partial charge in [0.2, 0.25) is 0 Å². The highest BCUT2D eigenvalue weighted by Crippen LogP contribution is 2.19. The summed E-state index contributed by atoms with van der Waals surface area (Å²) in [6.45, 7) is 5.58. The monoisotopic (exact) mass is 293 g/mol. The highest BCUT2D eigenvalue weighted by atomic mass is 15.3. The first kappa shape index (κ1) is 18.2. The minimum absolute atomic E-state index is 0.436. The van der Waals surface area contributed by atoms with Crippen molar-refractivity contribution >= 4 is 0 Å². The van der Waals surface area contributed by atoms with E-state index in [-0.39, 0.29) is 0 Å². The number of hydrogen-bond acceptors (Lipinski definition) is 2. The molecule has 0 aliphatic heterocycles. The van der Waals surface area contributed by atoms with Gasteiger partial charge in [-0.15, -0.1) is 0 Å². The van der Waals surface area contributed by atoms with E-state index in [0.717, 1.165) is 6.54 Å². The van der Waals surface area contributed by atoms with Crippen molar-refractivity contribution in [1.29, 1.82) is 0 Å². The van der Waals surface area contributed by atoms with Gasteiger partial charge in [-0.2, -0.15) is 5.10 Å². The summed E-state index contributed by atoms with van der Waals surface area (Å²) in [7, 11) is 2.00. The first-order valence-electron chi connectivity index (χ1n) is 9.00. The number of aromatic nitrogens is 2. The Labute approximate surface area is 131 Å². The summed E-state index contributed by atoms with van der Waals surface area (Å²) >= 11 is 0. The zero-order valence-electron chi connectivity index (χ0n) is 14.4. The van der Waals surface area contributed by atoms with Crippen LogP contribution in [0, 0.1) is 0 Å². The Kier molecular flexibility index (Phi) is 10.2. The lowest BCUT2D eigenvalue weighted by Crippen LogP contribution is -2.22. The second-order valence-corrected chi connectivity index (χ2v) is 6.18. The van der Waals surface area contributed by atoms with E-state index in [4.69, 9.17) is 0 Å². The number of unbranched alkanes of at least 4 members (excludes halogenated alkanes) is 7. The Morgan fingerprint density at radius 2 is 1.67 bits per heavy atom. The average molecular weight is 293 g/mol. The molecule has 1 rings (SSSR count). The predicted molar refractivity (Wildman–Crippen MR) is 91.5 cm³/mol. The van der Waals surface area contributed by atoms with Crippen LogP contribution in [-0.2, 0) is 7.05 Å². The number of nitrogens with zero attached hydrogens (tertiary/aromatic N) is 2. The van der Waals surface area contributed by atoms with E-state index >= 15 is 0 Å². The van der Waals surface area contributed by atoms with E-state index in [1.54, 1.807) is 0 Å². The van der Waals surface area contributed by atoms with Crippen LogP contribution in [0.5, 0.6) is 0 Å². The Morgan fingerprint density at radius 3 is 2.24 bits per heavy atom. The molecular formula is C18H35N3. The third kappa shape index (κ3) is 8.25. The van der Waals surface area contributed by atoms with Gasteiger partial charge in [0.15, 0.2) is 0 Å². The van der Waals surface area contributed by atoms with E-state index in [9.17, 15) is 0 Å². The highest BCUT2D eigenvalue weighted by Gasteiger charge is 2.12. The van der Waals surface area contributed by atoms with E-state index in [2.05, 4.69) is 30.3 Å².